The lowest BCUT2D eigenvalue weighted by Crippen LogP contribution is -2.46. The topological polar surface area (TPSA) is 105 Å². The molecule has 8 nitrogen and oxygen atoms in total. The number of quaternary nitrogens is 1. The van der Waals surface area contributed by atoms with Crippen molar-refractivity contribution in [2.45, 2.75) is 302 Å². The molecule has 65 heavy (non-hydrogen) atoms. The Bertz CT molecular complexity index is 1070. The number of rotatable bonds is 53. The van der Waals surface area contributed by atoms with Gasteiger partial charge in [-0.25, -0.2) is 4.57 Å². The van der Waals surface area contributed by atoms with Gasteiger partial charge in [0.15, 0.2) is 0 Å². The van der Waals surface area contributed by atoms with Gasteiger partial charge in [0.05, 0.1) is 39.9 Å². The van der Waals surface area contributed by atoms with Crippen LogP contribution in [-0.2, 0) is 18.4 Å². The van der Waals surface area contributed by atoms with Crippen LogP contribution in [0.5, 0.6) is 0 Å². The minimum atomic E-state index is -4.32. The van der Waals surface area contributed by atoms with E-state index in [0.29, 0.717) is 23.9 Å². The number of phosphoric ester groups is 1. The summed E-state index contributed by atoms with van der Waals surface area (Å²) in [6, 6.07) is -0.759. The fraction of sp³-hybridized carbons (Fsp3) is 0.946. The molecule has 0 bridgehead atoms. The van der Waals surface area contributed by atoms with Crippen molar-refractivity contribution in [2.24, 2.45) is 0 Å². The van der Waals surface area contributed by atoms with E-state index < -0.39 is 20.0 Å². The molecular formula is C56H114N2O6P+. The Kier molecular flexibility index (Phi) is 47.7. The van der Waals surface area contributed by atoms with Crippen molar-refractivity contribution in [3.8, 4) is 0 Å². The van der Waals surface area contributed by atoms with E-state index in [1.165, 1.54) is 225 Å². The highest BCUT2D eigenvalue weighted by atomic mass is 31.2. The molecule has 0 heterocycles. The second-order valence-corrected chi connectivity index (χ2v) is 22.5. The average Bonchev–Trinajstić information content (AvgIpc) is 3.26. The van der Waals surface area contributed by atoms with Gasteiger partial charge in [0.1, 0.15) is 13.2 Å². The van der Waals surface area contributed by atoms with Gasteiger partial charge in [0, 0.05) is 6.42 Å². The van der Waals surface area contributed by atoms with Crippen molar-refractivity contribution >= 4 is 13.7 Å². The Morgan fingerprint density at radius 2 is 0.831 bits per heavy atom. The van der Waals surface area contributed by atoms with Crippen molar-refractivity contribution in [1.82, 2.24) is 5.32 Å². The number of carbonyl (C=O) groups excluding carboxylic acids is 1. The first kappa shape index (κ1) is 64.2. The van der Waals surface area contributed by atoms with Gasteiger partial charge in [-0.2, -0.15) is 0 Å². The fourth-order valence-corrected chi connectivity index (χ4v) is 9.49. The van der Waals surface area contributed by atoms with Crippen LogP contribution in [0.2, 0.25) is 0 Å². The van der Waals surface area contributed by atoms with Gasteiger partial charge in [-0.3, -0.25) is 13.8 Å². The first-order valence-corrected chi connectivity index (χ1v) is 30.0. The molecule has 3 atom stereocenters. The van der Waals surface area contributed by atoms with E-state index >= 15 is 0 Å². The van der Waals surface area contributed by atoms with Gasteiger partial charge < -0.3 is 19.8 Å². The summed E-state index contributed by atoms with van der Waals surface area (Å²) >= 11 is 0. The van der Waals surface area contributed by atoms with E-state index in [1.807, 2.05) is 21.1 Å². The largest absolute Gasteiger partial charge is 0.472 e. The molecule has 0 aromatic rings. The molecule has 0 aliphatic heterocycles. The first-order valence-electron chi connectivity index (χ1n) is 28.6. The molecule has 3 N–H and O–H groups in total. The predicted octanol–water partition coefficient (Wildman–Crippen LogP) is 17.0. The predicted molar refractivity (Wildman–Crippen MR) is 282 cm³/mol. The van der Waals surface area contributed by atoms with Crippen LogP contribution >= 0.6 is 7.82 Å². The van der Waals surface area contributed by atoms with Crippen LogP contribution in [0.4, 0.5) is 0 Å². The SMILES string of the molecule is CCCCCCCC/C=C\CCCCCCCCCCCC(=O)NC(COP(=O)(O)OCC[N+](C)(C)C)C(O)CCCCCCCCCCCCCCCCCCCCCCCCCC. The van der Waals surface area contributed by atoms with Gasteiger partial charge >= 0.3 is 7.82 Å². The minimum Gasteiger partial charge on any atom is -0.391 e. The zero-order valence-corrected chi connectivity index (χ0v) is 45.2. The van der Waals surface area contributed by atoms with Crippen molar-refractivity contribution in [3.05, 3.63) is 12.2 Å². The van der Waals surface area contributed by atoms with E-state index in [2.05, 4.69) is 31.3 Å². The summed E-state index contributed by atoms with van der Waals surface area (Å²) in [5, 5.41) is 14.1. The lowest BCUT2D eigenvalue weighted by atomic mass is 10.0. The van der Waals surface area contributed by atoms with Gasteiger partial charge in [-0.15, -0.1) is 0 Å². The van der Waals surface area contributed by atoms with Crippen LogP contribution in [0.1, 0.15) is 290 Å². The summed E-state index contributed by atoms with van der Waals surface area (Å²) in [4.78, 5) is 23.3. The molecule has 0 aliphatic carbocycles. The van der Waals surface area contributed by atoms with Crippen molar-refractivity contribution < 1.29 is 32.9 Å². The highest BCUT2D eigenvalue weighted by molar-refractivity contribution is 7.47. The lowest BCUT2D eigenvalue weighted by Gasteiger charge is -2.26. The van der Waals surface area contributed by atoms with Crippen LogP contribution in [0.15, 0.2) is 12.2 Å². The normalized spacial score (nSPS) is 14.0. The highest BCUT2D eigenvalue weighted by Gasteiger charge is 2.28. The zero-order valence-electron chi connectivity index (χ0n) is 44.3. The zero-order chi connectivity index (χ0) is 47.8. The van der Waals surface area contributed by atoms with Gasteiger partial charge in [-0.1, -0.05) is 257 Å². The third-order valence-electron chi connectivity index (χ3n) is 13.3. The van der Waals surface area contributed by atoms with Gasteiger partial charge in [0.2, 0.25) is 5.91 Å². The average molecular weight is 943 g/mol. The molecule has 0 saturated heterocycles. The minimum absolute atomic E-state index is 0.0768. The molecule has 1 amide bonds. The summed E-state index contributed by atoms with van der Waals surface area (Å²) < 4.78 is 23.8. The number of nitrogens with zero attached hydrogens (tertiary/aromatic N) is 1. The Morgan fingerprint density at radius 1 is 0.508 bits per heavy atom. The molecule has 388 valence electrons. The number of unbranched alkanes of at least 4 members (excludes halogenated alkanes) is 38. The van der Waals surface area contributed by atoms with Gasteiger partial charge in [-0.05, 0) is 38.5 Å². The quantitative estimate of drug-likeness (QED) is 0.0243. The van der Waals surface area contributed by atoms with E-state index in [9.17, 15) is 19.4 Å². The molecule has 0 aromatic carbocycles. The molecule has 0 rings (SSSR count). The van der Waals surface area contributed by atoms with Crippen LogP contribution in [-0.4, -0.2) is 73.4 Å². The van der Waals surface area contributed by atoms with Crippen molar-refractivity contribution in [1.29, 1.82) is 0 Å². The number of aliphatic hydroxyl groups is 1. The second kappa shape index (κ2) is 48.3. The Morgan fingerprint density at radius 3 is 1.18 bits per heavy atom. The number of amides is 1. The smallest absolute Gasteiger partial charge is 0.391 e. The summed E-state index contributed by atoms with van der Waals surface area (Å²) in [5.41, 5.74) is 0. The highest BCUT2D eigenvalue weighted by Crippen LogP contribution is 2.43. The molecule has 0 spiro atoms. The molecule has 0 aliphatic rings. The third-order valence-corrected chi connectivity index (χ3v) is 14.2. The van der Waals surface area contributed by atoms with Crippen molar-refractivity contribution in [3.63, 3.8) is 0 Å². The number of aliphatic hydroxyl groups excluding tert-OH is 1. The lowest BCUT2D eigenvalue weighted by molar-refractivity contribution is -0.870. The summed E-state index contributed by atoms with van der Waals surface area (Å²) in [6.45, 7) is 4.93. The number of likely N-dealkylation sites (N-methyl/N-ethyl adjacent to an activating group) is 1. The molecule has 0 radical (unpaired) electrons. The standard InChI is InChI=1S/C56H113N2O6P/c1-6-8-10-12-14-16-18-20-22-24-26-27-28-29-30-32-33-35-37-39-41-43-45-47-49-55(59)54(53-64-65(61,62)63-52-51-58(3,4)5)57-56(60)50-48-46-44-42-40-38-36-34-31-25-23-21-19-17-15-13-11-9-7-2/h21,23,54-55,59H,6-20,22,24-53H2,1-5H3,(H-,57,60,61,62)/p+1/b23-21-. The van der Waals surface area contributed by atoms with E-state index in [1.54, 1.807) is 0 Å². The number of carbonyl (C=O) groups is 1. The monoisotopic (exact) mass is 942 g/mol. The molecule has 0 aromatic heterocycles. The number of allylic oxidation sites excluding steroid dienone is 2. The number of hydrogen-bond donors (Lipinski definition) is 3. The summed E-state index contributed by atoms with van der Waals surface area (Å²) in [5.74, 6) is -0.142. The number of phosphoric acid groups is 1. The molecule has 0 fully saturated rings. The molecule has 9 heteroatoms. The maximum absolute atomic E-state index is 13.0. The molecule has 3 unspecified atom stereocenters. The summed E-state index contributed by atoms with van der Waals surface area (Å²) in [7, 11) is 1.63. The third kappa shape index (κ3) is 50.9. The Hall–Kier alpha value is -0.760. The summed E-state index contributed by atoms with van der Waals surface area (Å²) in [6.07, 6.45) is 58.3. The second-order valence-electron chi connectivity index (χ2n) is 21.0. The maximum atomic E-state index is 13.0. The number of hydrogen-bond acceptors (Lipinski definition) is 5. The van der Waals surface area contributed by atoms with Gasteiger partial charge in [0.25, 0.3) is 0 Å². The molecular weight excluding hydrogens is 828 g/mol. The van der Waals surface area contributed by atoms with E-state index in [4.69, 9.17) is 9.05 Å². The van der Waals surface area contributed by atoms with Crippen molar-refractivity contribution in [2.75, 3.05) is 40.9 Å². The molecule has 0 saturated carbocycles. The Labute approximate surface area is 405 Å². The first-order chi connectivity index (χ1) is 31.5. The Balaban J connectivity index is 4.15. The van der Waals surface area contributed by atoms with Crippen LogP contribution in [0.25, 0.3) is 0 Å². The van der Waals surface area contributed by atoms with Crippen LogP contribution < -0.4 is 5.32 Å². The van der Waals surface area contributed by atoms with E-state index in [0.717, 1.165) is 38.5 Å². The number of nitrogens with one attached hydrogen (secondary N) is 1. The van der Waals surface area contributed by atoms with Crippen LogP contribution in [0, 0.1) is 0 Å². The fourth-order valence-electron chi connectivity index (χ4n) is 8.75. The maximum Gasteiger partial charge on any atom is 0.472 e. The van der Waals surface area contributed by atoms with Crippen LogP contribution in [0.3, 0.4) is 0 Å². The van der Waals surface area contributed by atoms with E-state index in [-0.39, 0.29) is 19.1 Å².